The summed E-state index contributed by atoms with van der Waals surface area (Å²) in [6.45, 7) is 4.31. The van der Waals surface area contributed by atoms with Crippen LogP contribution < -0.4 is 0 Å². The summed E-state index contributed by atoms with van der Waals surface area (Å²) in [4.78, 5) is 13.5. The molecule has 1 heterocycles. The Morgan fingerprint density at radius 1 is 0.727 bits per heavy atom. The Kier molecular flexibility index (Phi) is 12.5. The lowest BCUT2D eigenvalue weighted by molar-refractivity contribution is -0.127. The topological polar surface area (TPSA) is 20.3 Å². The summed E-state index contributed by atoms with van der Waals surface area (Å²) in [7, 11) is 0. The minimum atomic E-state index is 0.384. The van der Waals surface area contributed by atoms with Gasteiger partial charge in [-0.1, -0.05) is 90.4 Å². The first-order valence-electron chi connectivity index (χ1n) is 10.1. The van der Waals surface area contributed by atoms with Crippen molar-refractivity contribution >= 4 is 5.91 Å². The minimum absolute atomic E-state index is 0.384. The lowest BCUT2D eigenvalue weighted by Crippen LogP contribution is -2.25. The Morgan fingerprint density at radius 3 is 1.59 bits per heavy atom. The van der Waals surface area contributed by atoms with Crippen molar-refractivity contribution in [1.82, 2.24) is 4.90 Å². The van der Waals surface area contributed by atoms with E-state index in [1.165, 1.54) is 89.9 Å². The molecule has 0 saturated carbocycles. The van der Waals surface area contributed by atoms with Crippen molar-refractivity contribution in [2.45, 2.75) is 110 Å². The molecule has 1 saturated heterocycles. The second-order valence-corrected chi connectivity index (χ2v) is 7.08. The molecule has 130 valence electrons. The van der Waals surface area contributed by atoms with Crippen molar-refractivity contribution in [3.8, 4) is 0 Å². The number of carbonyl (C=O) groups excluding carboxylic acids is 1. The van der Waals surface area contributed by atoms with E-state index < -0.39 is 0 Å². The first-order valence-corrected chi connectivity index (χ1v) is 10.1. The number of hydrogen-bond donors (Lipinski definition) is 0. The highest BCUT2D eigenvalue weighted by atomic mass is 16.2. The zero-order valence-electron chi connectivity index (χ0n) is 15.1. The molecule has 2 heteroatoms. The predicted molar refractivity (Wildman–Crippen MR) is 96.1 cm³/mol. The maximum absolute atomic E-state index is 11.5. The average molecular weight is 310 g/mol. The van der Waals surface area contributed by atoms with E-state index >= 15 is 0 Å². The summed E-state index contributed by atoms with van der Waals surface area (Å²) in [5, 5.41) is 0. The Labute approximate surface area is 139 Å². The van der Waals surface area contributed by atoms with Gasteiger partial charge in [-0.05, 0) is 12.8 Å². The third-order valence-corrected chi connectivity index (χ3v) is 4.95. The molecule has 0 N–H and O–H groups in total. The van der Waals surface area contributed by atoms with Gasteiger partial charge >= 0.3 is 0 Å². The summed E-state index contributed by atoms with van der Waals surface area (Å²) in [5.74, 6) is 0.384. The van der Waals surface area contributed by atoms with Crippen LogP contribution in [0.25, 0.3) is 0 Å². The number of amides is 1. The fraction of sp³-hybridized carbons (Fsp3) is 0.950. The van der Waals surface area contributed by atoms with Crippen LogP contribution in [0, 0.1) is 0 Å². The van der Waals surface area contributed by atoms with E-state index in [4.69, 9.17) is 0 Å². The van der Waals surface area contributed by atoms with Crippen LogP contribution in [0.4, 0.5) is 0 Å². The molecule has 0 atom stereocenters. The van der Waals surface area contributed by atoms with E-state index in [0.717, 1.165) is 25.9 Å². The Hall–Kier alpha value is -0.530. The molecule has 0 aromatic carbocycles. The van der Waals surface area contributed by atoms with E-state index in [1.807, 2.05) is 0 Å². The van der Waals surface area contributed by atoms with Crippen LogP contribution >= 0.6 is 0 Å². The second kappa shape index (κ2) is 14.1. The van der Waals surface area contributed by atoms with Crippen molar-refractivity contribution in [1.29, 1.82) is 0 Å². The fourth-order valence-electron chi connectivity index (χ4n) is 3.44. The van der Waals surface area contributed by atoms with E-state index in [2.05, 4.69) is 11.8 Å². The van der Waals surface area contributed by atoms with Crippen LogP contribution in [0.5, 0.6) is 0 Å². The van der Waals surface area contributed by atoms with Crippen LogP contribution in [0.1, 0.15) is 110 Å². The number of rotatable bonds is 15. The molecular formula is C20H39NO. The molecule has 0 unspecified atom stereocenters. The summed E-state index contributed by atoms with van der Waals surface area (Å²) in [5.41, 5.74) is 0. The van der Waals surface area contributed by atoms with Crippen LogP contribution in [0.3, 0.4) is 0 Å². The molecule has 1 aliphatic heterocycles. The molecule has 1 amide bonds. The molecule has 1 aliphatic rings. The van der Waals surface area contributed by atoms with Gasteiger partial charge in [0.1, 0.15) is 0 Å². The molecule has 2 nitrogen and oxygen atoms in total. The van der Waals surface area contributed by atoms with Gasteiger partial charge in [-0.2, -0.15) is 0 Å². The van der Waals surface area contributed by atoms with Gasteiger partial charge < -0.3 is 4.90 Å². The van der Waals surface area contributed by atoms with E-state index in [1.54, 1.807) is 0 Å². The quantitative estimate of drug-likeness (QED) is 0.335. The zero-order chi connectivity index (χ0) is 15.9. The summed E-state index contributed by atoms with van der Waals surface area (Å²) >= 11 is 0. The van der Waals surface area contributed by atoms with Crippen molar-refractivity contribution in [2.24, 2.45) is 0 Å². The maximum atomic E-state index is 11.5. The van der Waals surface area contributed by atoms with Crippen LogP contribution in [0.2, 0.25) is 0 Å². The Morgan fingerprint density at radius 2 is 1.18 bits per heavy atom. The SMILES string of the molecule is CCCCCCCCCCCCCCCCN1CCCC1=O. The van der Waals surface area contributed by atoms with Gasteiger partial charge in [0.05, 0.1) is 0 Å². The van der Waals surface area contributed by atoms with Gasteiger partial charge in [-0.15, -0.1) is 0 Å². The molecule has 22 heavy (non-hydrogen) atoms. The molecule has 0 radical (unpaired) electrons. The van der Waals surface area contributed by atoms with Gasteiger partial charge in [0.25, 0.3) is 0 Å². The third kappa shape index (κ3) is 10.2. The molecule has 0 aliphatic carbocycles. The van der Waals surface area contributed by atoms with E-state index in [9.17, 15) is 4.79 Å². The standard InChI is InChI=1S/C20H39NO/c1-2-3-4-5-6-7-8-9-10-11-12-13-14-15-18-21-19-16-17-20(21)22/h2-19H2,1H3. The summed E-state index contributed by atoms with van der Waals surface area (Å²) in [6, 6.07) is 0. The molecule has 1 rings (SSSR count). The number of hydrogen-bond acceptors (Lipinski definition) is 1. The Bertz CT molecular complexity index is 264. The third-order valence-electron chi connectivity index (χ3n) is 4.95. The number of carbonyl (C=O) groups is 1. The summed E-state index contributed by atoms with van der Waals surface area (Å²) < 4.78 is 0. The highest BCUT2D eigenvalue weighted by molar-refractivity contribution is 5.77. The van der Waals surface area contributed by atoms with Gasteiger partial charge in [-0.25, -0.2) is 0 Å². The molecule has 0 aromatic rings. The minimum Gasteiger partial charge on any atom is -0.343 e. The number of likely N-dealkylation sites (tertiary alicyclic amines) is 1. The van der Waals surface area contributed by atoms with Crippen molar-refractivity contribution in [2.75, 3.05) is 13.1 Å². The maximum Gasteiger partial charge on any atom is 0.222 e. The molecule has 0 aromatic heterocycles. The molecule has 0 spiro atoms. The smallest absolute Gasteiger partial charge is 0.222 e. The van der Waals surface area contributed by atoms with Gasteiger partial charge in [0.15, 0.2) is 0 Å². The lowest BCUT2D eigenvalue weighted by Gasteiger charge is -2.14. The van der Waals surface area contributed by atoms with Crippen LogP contribution in [-0.2, 0) is 4.79 Å². The normalized spacial score (nSPS) is 15.0. The average Bonchev–Trinajstić information content (AvgIpc) is 2.93. The highest BCUT2D eigenvalue weighted by Crippen LogP contribution is 2.14. The lowest BCUT2D eigenvalue weighted by atomic mass is 10.0. The van der Waals surface area contributed by atoms with Crippen LogP contribution in [-0.4, -0.2) is 23.9 Å². The van der Waals surface area contributed by atoms with E-state index in [0.29, 0.717) is 5.91 Å². The number of unbranched alkanes of at least 4 members (excludes halogenated alkanes) is 13. The fourth-order valence-corrected chi connectivity index (χ4v) is 3.44. The monoisotopic (exact) mass is 309 g/mol. The first kappa shape index (κ1) is 19.5. The van der Waals surface area contributed by atoms with Gasteiger partial charge in [-0.3, -0.25) is 4.79 Å². The first-order chi connectivity index (χ1) is 10.8. The van der Waals surface area contributed by atoms with Crippen molar-refractivity contribution < 1.29 is 4.79 Å². The highest BCUT2D eigenvalue weighted by Gasteiger charge is 2.18. The predicted octanol–water partition coefficient (Wildman–Crippen LogP) is 6.09. The van der Waals surface area contributed by atoms with E-state index in [-0.39, 0.29) is 0 Å². The largest absolute Gasteiger partial charge is 0.343 e. The van der Waals surface area contributed by atoms with Crippen LogP contribution in [0.15, 0.2) is 0 Å². The second-order valence-electron chi connectivity index (χ2n) is 7.08. The zero-order valence-corrected chi connectivity index (χ0v) is 15.1. The molecule has 0 bridgehead atoms. The summed E-state index contributed by atoms with van der Waals surface area (Å²) in [6.07, 6.45) is 21.5. The van der Waals surface area contributed by atoms with Crippen molar-refractivity contribution in [3.63, 3.8) is 0 Å². The van der Waals surface area contributed by atoms with Gasteiger partial charge in [0.2, 0.25) is 5.91 Å². The van der Waals surface area contributed by atoms with Crippen molar-refractivity contribution in [3.05, 3.63) is 0 Å². The number of nitrogens with zero attached hydrogens (tertiary/aromatic N) is 1. The molecule has 1 fully saturated rings. The Balaban J connectivity index is 1.70. The molecular weight excluding hydrogens is 270 g/mol. The van der Waals surface area contributed by atoms with Gasteiger partial charge in [0, 0.05) is 19.5 Å².